The Kier molecular flexibility index (Phi) is 9.14. The molecular weight excluding hydrogens is 528 g/mol. The second-order valence-electron chi connectivity index (χ2n) is 10.1. The first-order valence-corrected chi connectivity index (χ1v) is 14.3. The summed E-state index contributed by atoms with van der Waals surface area (Å²) in [5.74, 6) is -1.29. The van der Waals surface area contributed by atoms with Crippen molar-refractivity contribution in [1.82, 2.24) is 15.4 Å². The fourth-order valence-electron chi connectivity index (χ4n) is 5.05. The van der Waals surface area contributed by atoms with Crippen molar-refractivity contribution >= 4 is 32.5 Å². The summed E-state index contributed by atoms with van der Waals surface area (Å²) in [6.45, 7) is 3.12. The van der Waals surface area contributed by atoms with Gasteiger partial charge in [0.25, 0.3) is 0 Å². The molecule has 0 spiro atoms. The molecule has 3 aromatic carbocycles. The van der Waals surface area contributed by atoms with Crippen LogP contribution in [-0.2, 0) is 25.9 Å². The third-order valence-corrected chi connectivity index (χ3v) is 8.17. The topological polar surface area (TPSA) is 68.6 Å². The van der Waals surface area contributed by atoms with Crippen LogP contribution in [0, 0.1) is 11.6 Å². The van der Waals surface area contributed by atoms with Crippen molar-refractivity contribution in [3.8, 4) is 0 Å². The van der Waals surface area contributed by atoms with Gasteiger partial charge >= 0.3 is 0 Å². The van der Waals surface area contributed by atoms with Crippen LogP contribution in [-0.4, -0.2) is 39.1 Å². The van der Waals surface area contributed by atoms with Gasteiger partial charge in [0.05, 0.1) is 24.2 Å². The maximum atomic E-state index is 13.8. The van der Waals surface area contributed by atoms with E-state index in [2.05, 4.69) is 30.4 Å². The Morgan fingerprint density at radius 2 is 1.68 bits per heavy atom. The van der Waals surface area contributed by atoms with Crippen LogP contribution in [0.25, 0.3) is 21.1 Å². The van der Waals surface area contributed by atoms with Gasteiger partial charge in [0, 0.05) is 34.8 Å². The zero-order valence-corrected chi connectivity index (χ0v) is 23.2. The molecule has 0 saturated carbocycles. The number of aromatic nitrogens is 1. The summed E-state index contributed by atoms with van der Waals surface area (Å²) in [5.41, 5.74) is 3.75. The van der Waals surface area contributed by atoms with E-state index in [0.717, 1.165) is 49.1 Å². The number of fused-ring (bicyclic) bond motifs is 2. The number of thiophene rings is 1. The molecule has 3 N–H and O–H groups in total. The van der Waals surface area contributed by atoms with E-state index >= 15 is 0 Å². The molecule has 0 aliphatic carbocycles. The lowest BCUT2D eigenvalue weighted by Gasteiger charge is -2.30. The number of hydroxylamine groups is 2. The van der Waals surface area contributed by atoms with E-state index in [-0.39, 0.29) is 13.1 Å². The molecule has 2 atom stereocenters. The smallest absolute Gasteiger partial charge is 0.126 e. The lowest BCUT2D eigenvalue weighted by atomic mass is 10.00. The number of aliphatic hydroxyl groups excluding tert-OH is 1. The second-order valence-corrected chi connectivity index (χ2v) is 11.3. The summed E-state index contributed by atoms with van der Waals surface area (Å²) in [7, 11) is 0. The molecule has 0 radical (unpaired) electrons. The number of benzene rings is 3. The third kappa shape index (κ3) is 7.08. The van der Waals surface area contributed by atoms with Gasteiger partial charge in [-0.1, -0.05) is 49.4 Å². The van der Waals surface area contributed by atoms with Crippen molar-refractivity contribution in [2.24, 2.45) is 0 Å². The average Bonchev–Trinajstić information content (AvgIpc) is 3.32. The number of halogens is 2. The van der Waals surface area contributed by atoms with Crippen LogP contribution in [0.2, 0.25) is 0 Å². The fraction of sp³-hybridized carbons (Fsp3) is 0.281. The summed E-state index contributed by atoms with van der Waals surface area (Å²) < 4.78 is 27.6. The first-order valence-electron chi connectivity index (χ1n) is 13.5. The molecular formula is C32H33F2N3O2S. The number of rotatable bonds is 12. The van der Waals surface area contributed by atoms with Crippen LogP contribution in [0.5, 0.6) is 0 Å². The van der Waals surface area contributed by atoms with Gasteiger partial charge in [-0.25, -0.2) is 13.8 Å². The Morgan fingerprint density at radius 1 is 0.900 bits per heavy atom. The largest absolute Gasteiger partial charge is 0.390 e. The van der Waals surface area contributed by atoms with Crippen LogP contribution in [0.15, 0.2) is 78.9 Å². The molecule has 2 aromatic heterocycles. The van der Waals surface area contributed by atoms with E-state index in [1.54, 1.807) is 0 Å². The van der Waals surface area contributed by atoms with E-state index in [0.29, 0.717) is 24.9 Å². The summed E-state index contributed by atoms with van der Waals surface area (Å²) in [4.78, 5) is 6.53. The normalized spacial score (nSPS) is 13.3. The SMILES string of the molecule is CCc1cccc(CNCC(O)C(CCc2cc(F)cc(F)c2)N(O)Cc2cc3cc4ccccc4nc3s2)c1. The molecule has 40 heavy (non-hydrogen) atoms. The van der Waals surface area contributed by atoms with Crippen molar-refractivity contribution in [1.29, 1.82) is 0 Å². The van der Waals surface area contributed by atoms with Crippen molar-refractivity contribution < 1.29 is 19.1 Å². The molecule has 2 heterocycles. The summed E-state index contributed by atoms with van der Waals surface area (Å²) in [6.07, 6.45) is 0.626. The van der Waals surface area contributed by atoms with Crippen molar-refractivity contribution in [3.63, 3.8) is 0 Å². The highest BCUT2D eigenvalue weighted by atomic mass is 32.1. The van der Waals surface area contributed by atoms with Gasteiger partial charge in [0.15, 0.2) is 0 Å². The van der Waals surface area contributed by atoms with E-state index in [1.807, 2.05) is 42.5 Å². The Hall–Kier alpha value is -3.27. The maximum Gasteiger partial charge on any atom is 0.126 e. The van der Waals surface area contributed by atoms with E-state index < -0.39 is 23.8 Å². The molecule has 0 aliphatic heterocycles. The van der Waals surface area contributed by atoms with Crippen LogP contribution in [0.1, 0.15) is 34.9 Å². The van der Waals surface area contributed by atoms with Gasteiger partial charge in [-0.15, -0.1) is 11.3 Å². The standard InChI is InChI=1S/C32H33F2N3O2S/c1-2-21-6-5-7-23(12-21)18-35-19-31(38)30(11-10-22-13-26(33)17-27(34)14-22)37(39)20-28-16-25-15-24-8-3-4-9-29(24)36-32(25)40-28/h3-9,12-17,30-31,35,38-39H,2,10-11,18-20H2,1H3. The molecule has 5 rings (SSSR count). The third-order valence-electron chi connectivity index (χ3n) is 7.14. The van der Waals surface area contributed by atoms with E-state index in [9.17, 15) is 19.1 Å². The Balaban J connectivity index is 1.30. The molecule has 208 valence electrons. The number of nitrogens with one attached hydrogen (secondary N) is 1. The maximum absolute atomic E-state index is 13.8. The minimum absolute atomic E-state index is 0.190. The number of aliphatic hydroxyl groups is 1. The summed E-state index contributed by atoms with van der Waals surface area (Å²) in [5, 5.41) is 28.9. The van der Waals surface area contributed by atoms with Gasteiger partial charge in [0.1, 0.15) is 16.5 Å². The van der Waals surface area contributed by atoms with E-state index in [4.69, 9.17) is 4.98 Å². The Morgan fingerprint density at radius 3 is 2.48 bits per heavy atom. The zero-order chi connectivity index (χ0) is 28.1. The molecule has 5 nitrogen and oxygen atoms in total. The highest BCUT2D eigenvalue weighted by Crippen LogP contribution is 2.29. The number of hydrogen-bond acceptors (Lipinski definition) is 6. The molecule has 0 bridgehead atoms. The predicted molar refractivity (Wildman–Crippen MR) is 156 cm³/mol. The molecule has 0 aliphatic rings. The minimum Gasteiger partial charge on any atom is -0.390 e. The highest BCUT2D eigenvalue weighted by Gasteiger charge is 2.26. The fourth-order valence-corrected chi connectivity index (χ4v) is 6.06. The summed E-state index contributed by atoms with van der Waals surface area (Å²) in [6, 6.07) is 23.0. The molecule has 2 unspecified atom stereocenters. The summed E-state index contributed by atoms with van der Waals surface area (Å²) >= 11 is 1.50. The van der Waals surface area contributed by atoms with Gasteiger partial charge in [-0.2, -0.15) is 5.06 Å². The number of nitrogens with zero attached hydrogens (tertiary/aromatic N) is 2. The number of aryl methyl sites for hydroxylation is 2. The van der Waals surface area contributed by atoms with Gasteiger partial charge in [-0.05, 0) is 66.3 Å². The minimum atomic E-state index is -0.923. The zero-order valence-electron chi connectivity index (χ0n) is 22.4. The van der Waals surface area contributed by atoms with Crippen LogP contribution in [0.3, 0.4) is 0 Å². The Bertz CT molecular complexity index is 1520. The average molecular weight is 562 g/mol. The van der Waals surface area contributed by atoms with E-state index in [1.165, 1.54) is 29.0 Å². The van der Waals surface area contributed by atoms with Crippen LogP contribution >= 0.6 is 11.3 Å². The number of pyridine rings is 1. The van der Waals surface area contributed by atoms with Crippen molar-refractivity contribution in [2.75, 3.05) is 6.54 Å². The van der Waals surface area contributed by atoms with Gasteiger partial charge < -0.3 is 15.6 Å². The Labute approximate surface area is 236 Å². The lowest BCUT2D eigenvalue weighted by Crippen LogP contribution is -2.46. The van der Waals surface area contributed by atoms with Crippen LogP contribution in [0.4, 0.5) is 8.78 Å². The molecule has 8 heteroatoms. The predicted octanol–water partition coefficient (Wildman–Crippen LogP) is 6.63. The van der Waals surface area contributed by atoms with Crippen molar-refractivity contribution in [2.45, 2.75) is 51.4 Å². The van der Waals surface area contributed by atoms with Crippen molar-refractivity contribution in [3.05, 3.63) is 112 Å². The first kappa shape index (κ1) is 28.3. The first-order chi connectivity index (χ1) is 19.4. The number of para-hydroxylation sites is 1. The second kappa shape index (κ2) is 12.9. The monoisotopic (exact) mass is 561 g/mol. The quantitative estimate of drug-likeness (QED) is 0.149. The van der Waals surface area contributed by atoms with Gasteiger partial charge in [0.2, 0.25) is 0 Å². The lowest BCUT2D eigenvalue weighted by molar-refractivity contribution is -0.163. The molecule has 5 aromatic rings. The molecule has 0 saturated heterocycles. The highest BCUT2D eigenvalue weighted by molar-refractivity contribution is 7.18. The molecule has 0 fully saturated rings. The molecule has 0 amide bonds. The van der Waals surface area contributed by atoms with Crippen LogP contribution < -0.4 is 5.32 Å². The number of hydrogen-bond donors (Lipinski definition) is 3. The van der Waals surface area contributed by atoms with Gasteiger partial charge in [-0.3, -0.25) is 0 Å².